The molecule has 2 heterocycles. The molecule has 2 aliphatic heterocycles. The highest BCUT2D eigenvalue weighted by molar-refractivity contribution is 6.31. The summed E-state index contributed by atoms with van der Waals surface area (Å²) in [4.78, 5) is 14.7. The average molecular weight is 323 g/mol. The van der Waals surface area contributed by atoms with Gasteiger partial charge in [-0.1, -0.05) is 11.6 Å². The van der Waals surface area contributed by atoms with Crippen LogP contribution in [-0.2, 0) is 0 Å². The zero-order valence-corrected chi connectivity index (χ0v) is 13.8. The standard InChI is InChI=1S/C17H23ClN2O2/c1-22-15-3-2-13(18)12-14(15)16(21)20-10-6-17(7-11-20)4-8-19-9-5-17/h2-3,12,19H,4-11H2,1H3. The predicted molar refractivity (Wildman–Crippen MR) is 87.7 cm³/mol. The van der Waals surface area contributed by atoms with Crippen LogP contribution in [0.2, 0.25) is 5.02 Å². The van der Waals surface area contributed by atoms with Crippen LogP contribution in [0.15, 0.2) is 18.2 Å². The molecule has 1 N–H and O–H groups in total. The summed E-state index contributed by atoms with van der Waals surface area (Å²) in [6, 6.07) is 5.21. The van der Waals surface area contributed by atoms with Gasteiger partial charge in [-0.2, -0.15) is 0 Å². The molecular formula is C17H23ClN2O2. The van der Waals surface area contributed by atoms with Gasteiger partial charge in [-0.15, -0.1) is 0 Å². The number of hydrogen-bond acceptors (Lipinski definition) is 3. The summed E-state index contributed by atoms with van der Waals surface area (Å²) in [5, 5.41) is 3.99. The van der Waals surface area contributed by atoms with Gasteiger partial charge in [0.25, 0.3) is 5.91 Å². The lowest BCUT2D eigenvalue weighted by atomic mass is 9.71. The number of likely N-dealkylation sites (tertiary alicyclic amines) is 1. The number of halogens is 1. The maximum Gasteiger partial charge on any atom is 0.257 e. The predicted octanol–water partition coefficient (Wildman–Crippen LogP) is 2.95. The van der Waals surface area contributed by atoms with E-state index >= 15 is 0 Å². The van der Waals surface area contributed by atoms with Crippen LogP contribution in [0.3, 0.4) is 0 Å². The van der Waals surface area contributed by atoms with E-state index in [0.29, 0.717) is 21.8 Å². The number of piperidine rings is 2. The van der Waals surface area contributed by atoms with E-state index in [0.717, 1.165) is 39.0 Å². The van der Waals surface area contributed by atoms with E-state index in [2.05, 4.69) is 5.32 Å². The van der Waals surface area contributed by atoms with Crippen molar-refractivity contribution in [2.24, 2.45) is 5.41 Å². The molecule has 3 rings (SSSR count). The van der Waals surface area contributed by atoms with Gasteiger partial charge in [0.15, 0.2) is 0 Å². The molecule has 120 valence electrons. The second-order valence-corrected chi connectivity index (χ2v) is 6.82. The molecule has 0 aliphatic carbocycles. The van der Waals surface area contributed by atoms with Gasteiger partial charge >= 0.3 is 0 Å². The van der Waals surface area contributed by atoms with E-state index in [9.17, 15) is 4.79 Å². The minimum Gasteiger partial charge on any atom is -0.496 e. The number of nitrogens with zero attached hydrogens (tertiary/aromatic N) is 1. The normalized spacial score (nSPS) is 20.9. The SMILES string of the molecule is COc1ccc(Cl)cc1C(=O)N1CCC2(CCNCC2)CC1. The van der Waals surface area contributed by atoms with Crippen LogP contribution in [0.25, 0.3) is 0 Å². The molecule has 2 fully saturated rings. The maximum atomic E-state index is 12.8. The Hall–Kier alpha value is -1.26. The van der Waals surface area contributed by atoms with Crippen LogP contribution in [0.4, 0.5) is 0 Å². The van der Waals surface area contributed by atoms with E-state index in [1.165, 1.54) is 12.8 Å². The van der Waals surface area contributed by atoms with Crippen molar-refractivity contribution in [2.75, 3.05) is 33.3 Å². The number of nitrogens with one attached hydrogen (secondary N) is 1. The van der Waals surface area contributed by atoms with Gasteiger partial charge in [-0.3, -0.25) is 4.79 Å². The molecule has 2 saturated heterocycles. The van der Waals surface area contributed by atoms with Crippen LogP contribution in [0.5, 0.6) is 5.75 Å². The van der Waals surface area contributed by atoms with Crippen molar-refractivity contribution in [3.05, 3.63) is 28.8 Å². The largest absolute Gasteiger partial charge is 0.496 e. The molecule has 1 aromatic rings. The summed E-state index contributed by atoms with van der Waals surface area (Å²) in [7, 11) is 1.58. The fourth-order valence-corrected chi connectivity index (χ4v) is 3.83. The molecule has 0 radical (unpaired) electrons. The van der Waals surface area contributed by atoms with Crippen molar-refractivity contribution in [1.29, 1.82) is 0 Å². The van der Waals surface area contributed by atoms with Gasteiger partial charge in [0.05, 0.1) is 12.7 Å². The molecule has 1 spiro atoms. The molecule has 0 bridgehead atoms. The van der Waals surface area contributed by atoms with E-state index in [1.807, 2.05) is 4.90 Å². The Morgan fingerprint density at radius 3 is 2.55 bits per heavy atom. The number of benzene rings is 1. The van der Waals surface area contributed by atoms with Crippen molar-refractivity contribution in [1.82, 2.24) is 10.2 Å². The second kappa shape index (κ2) is 6.47. The van der Waals surface area contributed by atoms with Crippen LogP contribution in [-0.4, -0.2) is 44.1 Å². The van der Waals surface area contributed by atoms with E-state index in [-0.39, 0.29) is 5.91 Å². The lowest BCUT2D eigenvalue weighted by Gasteiger charge is -2.44. The first-order valence-corrected chi connectivity index (χ1v) is 8.35. The lowest BCUT2D eigenvalue weighted by molar-refractivity contribution is 0.0493. The zero-order valence-electron chi connectivity index (χ0n) is 13.0. The van der Waals surface area contributed by atoms with Crippen LogP contribution >= 0.6 is 11.6 Å². The van der Waals surface area contributed by atoms with Crippen molar-refractivity contribution < 1.29 is 9.53 Å². The molecule has 4 nitrogen and oxygen atoms in total. The second-order valence-electron chi connectivity index (χ2n) is 6.39. The van der Waals surface area contributed by atoms with Crippen molar-refractivity contribution in [3.63, 3.8) is 0 Å². The van der Waals surface area contributed by atoms with Crippen molar-refractivity contribution >= 4 is 17.5 Å². The summed E-state index contributed by atoms with van der Waals surface area (Å²) >= 11 is 6.04. The molecule has 2 aliphatic rings. The van der Waals surface area contributed by atoms with Crippen molar-refractivity contribution in [2.45, 2.75) is 25.7 Å². The number of amides is 1. The number of hydrogen-bond donors (Lipinski definition) is 1. The Labute approximate surface area is 136 Å². The number of ether oxygens (including phenoxy) is 1. The third-order valence-electron chi connectivity index (χ3n) is 5.17. The van der Waals surface area contributed by atoms with Gasteiger partial charge in [-0.25, -0.2) is 0 Å². The number of carbonyl (C=O) groups is 1. The highest BCUT2D eigenvalue weighted by atomic mass is 35.5. The van der Waals surface area contributed by atoms with Crippen LogP contribution < -0.4 is 10.1 Å². The highest BCUT2D eigenvalue weighted by Crippen LogP contribution is 2.40. The zero-order chi connectivity index (χ0) is 15.6. The summed E-state index contributed by atoms with van der Waals surface area (Å²) in [6.45, 7) is 3.87. The Morgan fingerprint density at radius 2 is 1.91 bits per heavy atom. The number of carbonyl (C=O) groups excluding carboxylic acids is 1. The van der Waals surface area contributed by atoms with Gasteiger partial charge in [0, 0.05) is 18.1 Å². The maximum absolute atomic E-state index is 12.8. The molecule has 0 aromatic heterocycles. The first-order chi connectivity index (χ1) is 10.6. The molecule has 1 aromatic carbocycles. The monoisotopic (exact) mass is 322 g/mol. The highest BCUT2D eigenvalue weighted by Gasteiger charge is 2.37. The Balaban J connectivity index is 1.71. The molecular weight excluding hydrogens is 300 g/mol. The Morgan fingerprint density at radius 1 is 1.23 bits per heavy atom. The molecule has 22 heavy (non-hydrogen) atoms. The fraction of sp³-hybridized carbons (Fsp3) is 0.588. The van der Waals surface area contributed by atoms with Gasteiger partial charge in [-0.05, 0) is 62.4 Å². The third kappa shape index (κ3) is 3.08. The first-order valence-electron chi connectivity index (χ1n) is 7.97. The lowest BCUT2D eigenvalue weighted by Crippen LogP contribution is -2.47. The van der Waals surface area contributed by atoms with E-state index in [4.69, 9.17) is 16.3 Å². The smallest absolute Gasteiger partial charge is 0.257 e. The van der Waals surface area contributed by atoms with Crippen molar-refractivity contribution in [3.8, 4) is 5.75 Å². The molecule has 1 amide bonds. The third-order valence-corrected chi connectivity index (χ3v) is 5.40. The fourth-order valence-electron chi connectivity index (χ4n) is 3.66. The summed E-state index contributed by atoms with van der Waals surface area (Å²) < 4.78 is 5.31. The summed E-state index contributed by atoms with van der Waals surface area (Å²) in [6.07, 6.45) is 4.66. The number of rotatable bonds is 2. The van der Waals surface area contributed by atoms with Gasteiger partial charge < -0.3 is 15.0 Å². The van der Waals surface area contributed by atoms with Crippen LogP contribution in [0.1, 0.15) is 36.0 Å². The molecule has 0 unspecified atom stereocenters. The molecule has 5 heteroatoms. The average Bonchev–Trinajstić information content (AvgIpc) is 2.56. The van der Waals surface area contributed by atoms with Crippen LogP contribution in [0, 0.1) is 5.41 Å². The van der Waals surface area contributed by atoms with Gasteiger partial charge in [0.1, 0.15) is 5.75 Å². The van der Waals surface area contributed by atoms with E-state index < -0.39 is 0 Å². The quantitative estimate of drug-likeness (QED) is 0.910. The minimum absolute atomic E-state index is 0.0307. The number of methoxy groups -OCH3 is 1. The molecule has 0 atom stereocenters. The topological polar surface area (TPSA) is 41.6 Å². The summed E-state index contributed by atoms with van der Waals surface area (Å²) in [5.41, 5.74) is 1.01. The Kier molecular flexibility index (Phi) is 4.59. The molecule has 0 saturated carbocycles. The first kappa shape index (κ1) is 15.6. The van der Waals surface area contributed by atoms with Gasteiger partial charge in [0.2, 0.25) is 0 Å². The summed E-state index contributed by atoms with van der Waals surface area (Å²) in [5.74, 6) is 0.625. The Bertz CT molecular complexity index is 546. The minimum atomic E-state index is 0.0307. The van der Waals surface area contributed by atoms with E-state index in [1.54, 1.807) is 25.3 Å².